The first-order valence-corrected chi connectivity index (χ1v) is 10.9. The second kappa shape index (κ2) is 10.8. The molecule has 3 rings (SSSR count). The van der Waals surface area contributed by atoms with E-state index in [1.165, 1.54) is 6.07 Å². The number of piperazine rings is 1. The Morgan fingerprint density at radius 3 is 2.19 bits per heavy atom. The second-order valence-corrected chi connectivity index (χ2v) is 7.69. The van der Waals surface area contributed by atoms with E-state index in [0.717, 1.165) is 5.69 Å². The van der Waals surface area contributed by atoms with Gasteiger partial charge in [0.2, 0.25) is 5.91 Å². The fourth-order valence-electron chi connectivity index (χ4n) is 3.84. The summed E-state index contributed by atoms with van der Waals surface area (Å²) in [6.45, 7) is 8.52. The molecule has 0 atom stereocenters. The van der Waals surface area contributed by atoms with Crippen molar-refractivity contribution in [1.82, 2.24) is 9.80 Å². The predicted molar refractivity (Wildman–Crippen MR) is 124 cm³/mol. The number of rotatable bonds is 8. The summed E-state index contributed by atoms with van der Waals surface area (Å²) in [6, 6.07) is 13.6. The van der Waals surface area contributed by atoms with Crippen molar-refractivity contribution in [3.63, 3.8) is 0 Å². The number of carbonyl (C=O) groups excluding carboxylic acids is 2. The van der Waals surface area contributed by atoms with Gasteiger partial charge in [0, 0.05) is 44.8 Å². The van der Waals surface area contributed by atoms with E-state index in [-0.39, 0.29) is 17.4 Å². The number of likely N-dealkylation sites (N-methyl/N-ethyl adjacent to an activating group) is 1. The molecule has 0 unspecified atom stereocenters. The molecule has 8 heteroatoms. The summed E-state index contributed by atoms with van der Waals surface area (Å²) in [5.74, 6) is -1.21. The van der Waals surface area contributed by atoms with E-state index in [0.29, 0.717) is 57.1 Å². The van der Waals surface area contributed by atoms with Crippen LogP contribution in [-0.2, 0) is 4.79 Å². The Morgan fingerprint density at radius 2 is 1.59 bits per heavy atom. The first-order valence-electron chi connectivity index (χ1n) is 10.9. The molecule has 0 radical (unpaired) electrons. The van der Waals surface area contributed by atoms with Gasteiger partial charge < -0.3 is 20.2 Å². The molecule has 32 heavy (non-hydrogen) atoms. The van der Waals surface area contributed by atoms with E-state index >= 15 is 0 Å². The third-order valence-electron chi connectivity index (χ3n) is 5.72. The van der Waals surface area contributed by atoms with Gasteiger partial charge in [-0.1, -0.05) is 18.2 Å². The van der Waals surface area contributed by atoms with Crippen molar-refractivity contribution in [1.29, 1.82) is 0 Å². The zero-order chi connectivity index (χ0) is 23.1. The molecule has 2 N–H and O–H groups in total. The summed E-state index contributed by atoms with van der Waals surface area (Å²) in [5.41, 5.74) is 1.85. The predicted octanol–water partition coefficient (Wildman–Crippen LogP) is 2.63. The lowest BCUT2D eigenvalue weighted by Crippen LogP contribution is -2.50. The van der Waals surface area contributed by atoms with Crippen LogP contribution in [-0.4, -0.2) is 78.5 Å². The van der Waals surface area contributed by atoms with Crippen molar-refractivity contribution in [2.24, 2.45) is 0 Å². The third kappa shape index (κ3) is 5.64. The number of nitrogens with one attached hydrogen (secondary N) is 1. The lowest BCUT2D eigenvalue weighted by atomic mass is 10.1. The van der Waals surface area contributed by atoms with E-state index < -0.39 is 5.97 Å². The van der Waals surface area contributed by atoms with Crippen LogP contribution in [0.3, 0.4) is 0 Å². The average molecular weight is 439 g/mol. The maximum atomic E-state index is 12.7. The van der Waals surface area contributed by atoms with E-state index in [4.69, 9.17) is 0 Å². The van der Waals surface area contributed by atoms with Crippen LogP contribution in [0.2, 0.25) is 0 Å². The monoisotopic (exact) mass is 438 g/mol. The molecule has 0 bridgehead atoms. The highest BCUT2D eigenvalue weighted by Gasteiger charge is 2.23. The quantitative estimate of drug-likeness (QED) is 0.658. The number of amides is 2. The molecule has 1 saturated heterocycles. The van der Waals surface area contributed by atoms with Crippen molar-refractivity contribution in [3.05, 3.63) is 59.7 Å². The highest BCUT2D eigenvalue weighted by molar-refractivity contribution is 6.06. The van der Waals surface area contributed by atoms with Crippen LogP contribution in [0.1, 0.15) is 34.6 Å². The number of carbonyl (C=O) groups is 3. The molecule has 1 fully saturated rings. The van der Waals surface area contributed by atoms with Gasteiger partial charge in [0.1, 0.15) is 0 Å². The fraction of sp³-hybridized carbons (Fsp3) is 0.375. The van der Waals surface area contributed by atoms with Gasteiger partial charge in [0.05, 0.1) is 23.5 Å². The number of aromatic carboxylic acids is 1. The molecular formula is C24H30N4O4. The second-order valence-electron chi connectivity index (χ2n) is 7.69. The smallest absolute Gasteiger partial charge is 0.335 e. The largest absolute Gasteiger partial charge is 0.478 e. The number of carboxylic acid groups (broad SMARTS) is 1. The Balaban J connectivity index is 1.73. The van der Waals surface area contributed by atoms with Crippen LogP contribution in [0, 0.1) is 0 Å². The van der Waals surface area contributed by atoms with Crippen LogP contribution in [0.15, 0.2) is 48.5 Å². The number of benzene rings is 2. The Kier molecular flexibility index (Phi) is 7.83. The molecule has 0 aliphatic carbocycles. The van der Waals surface area contributed by atoms with Crippen molar-refractivity contribution < 1.29 is 19.5 Å². The van der Waals surface area contributed by atoms with E-state index in [2.05, 4.69) is 15.1 Å². The molecule has 0 saturated carbocycles. The fourth-order valence-corrected chi connectivity index (χ4v) is 3.84. The van der Waals surface area contributed by atoms with E-state index in [1.807, 2.05) is 24.8 Å². The average Bonchev–Trinajstić information content (AvgIpc) is 2.81. The van der Waals surface area contributed by atoms with Gasteiger partial charge >= 0.3 is 5.97 Å². The molecule has 0 aromatic heterocycles. The van der Waals surface area contributed by atoms with Crippen LogP contribution in [0.4, 0.5) is 11.4 Å². The van der Waals surface area contributed by atoms with Gasteiger partial charge in [-0.2, -0.15) is 0 Å². The summed E-state index contributed by atoms with van der Waals surface area (Å²) in [7, 11) is 0. The molecule has 0 spiro atoms. The molecule has 170 valence electrons. The number of hydrogen-bond donors (Lipinski definition) is 2. The first-order chi connectivity index (χ1) is 15.4. The van der Waals surface area contributed by atoms with Gasteiger partial charge in [-0.15, -0.1) is 0 Å². The van der Waals surface area contributed by atoms with Crippen LogP contribution in [0.25, 0.3) is 0 Å². The SMILES string of the molecule is CCN(CC)C(=O)CN1CCN(c2ccc(C(=O)O)cc2NC(=O)c2ccccc2)CC1. The zero-order valence-electron chi connectivity index (χ0n) is 18.6. The summed E-state index contributed by atoms with van der Waals surface area (Å²) in [6.07, 6.45) is 0. The van der Waals surface area contributed by atoms with Crippen molar-refractivity contribution in [3.8, 4) is 0 Å². The van der Waals surface area contributed by atoms with Gasteiger partial charge in [-0.25, -0.2) is 4.79 Å². The topological polar surface area (TPSA) is 93.2 Å². The van der Waals surface area contributed by atoms with Gasteiger partial charge in [0.25, 0.3) is 5.91 Å². The summed E-state index contributed by atoms with van der Waals surface area (Å²) in [5, 5.41) is 12.3. The maximum absolute atomic E-state index is 12.7. The van der Waals surface area contributed by atoms with Crippen LogP contribution < -0.4 is 10.2 Å². The molecule has 1 aliphatic heterocycles. The van der Waals surface area contributed by atoms with E-state index in [9.17, 15) is 19.5 Å². The minimum Gasteiger partial charge on any atom is -0.478 e. The molecule has 1 aliphatic rings. The van der Waals surface area contributed by atoms with Crippen molar-refractivity contribution in [2.45, 2.75) is 13.8 Å². The summed E-state index contributed by atoms with van der Waals surface area (Å²) in [4.78, 5) is 42.7. The number of carboxylic acids is 1. The number of anilines is 2. The van der Waals surface area contributed by atoms with Crippen molar-refractivity contribution >= 4 is 29.2 Å². The number of hydrogen-bond acceptors (Lipinski definition) is 5. The van der Waals surface area contributed by atoms with Gasteiger partial charge in [0.15, 0.2) is 0 Å². The summed E-state index contributed by atoms with van der Waals surface area (Å²) < 4.78 is 0. The van der Waals surface area contributed by atoms with Gasteiger partial charge in [-0.05, 0) is 44.2 Å². The Morgan fingerprint density at radius 1 is 0.938 bits per heavy atom. The Labute approximate surface area is 188 Å². The Bertz CT molecular complexity index is 952. The van der Waals surface area contributed by atoms with Crippen LogP contribution >= 0.6 is 0 Å². The Hall–Kier alpha value is -3.39. The van der Waals surface area contributed by atoms with Crippen molar-refractivity contribution in [2.75, 3.05) is 56.0 Å². The summed E-state index contributed by atoms with van der Waals surface area (Å²) >= 11 is 0. The minimum atomic E-state index is -1.05. The minimum absolute atomic E-state index is 0.112. The van der Waals surface area contributed by atoms with Gasteiger partial charge in [-0.3, -0.25) is 14.5 Å². The highest BCUT2D eigenvalue weighted by Crippen LogP contribution is 2.29. The maximum Gasteiger partial charge on any atom is 0.335 e. The normalized spacial score (nSPS) is 14.1. The zero-order valence-corrected chi connectivity index (χ0v) is 18.6. The number of nitrogens with zero attached hydrogens (tertiary/aromatic N) is 3. The molecule has 2 amide bonds. The lowest BCUT2D eigenvalue weighted by Gasteiger charge is -2.37. The molecule has 8 nitrogen and oxygen atoms in total. The van der Waals surface area contributed by atoms with Crippen LogP contribution in [0.5, 0.6) is 0 Å². The van der Waals surface area contributed by atoms with E-state index in [1.54, 1.807) is 36.4 Å². The standard InChI is InChI=1S/C24H30N4O4/c1-3-27(4-2)22(29)17-26-12-14-28(15-13-26)21-11-10-19(24(31)32)16-20(21)25-23(30)18-8-6-5-7-9-18/h5-11,16H,3-4,12-15,17H2,1-2H3,(H,25,30)(H,31,32). The molecule has 2 aromatic carbocycles. The molecule has 1 heterocycles. The molecular weight excluding hydrogens is 408 g/mol. The third-order valence-corrected chi connectivity index (χ3v) is 5.72. The first kappa shape index (κ1) is 23.3. The highest BCUT2D eigenvalue weighted by atomic mass is 16.4. The molecule has 2 aromatic rings. The lowest BCUT2D eigenvalue weighted by molar-refractivity contribution is -0.132.